The fourth-order valence-corrected chi connectivity index (χ4v) is 2.05. The van der Waals surface area contributed by atoms with Crippen molar-refractivity contribution in [2.45, 2.75) is 50.7 Å². The predicted octanol–water partition coefficient (Wildman–Crippen LogP) is 0.730. The molecule has 0 spiro atoms. The number of aliphatic carboxylic acids is 1. The summed E-state index contributed by atoms with van der Waals surface area (Å²) < 4.78 is 0. The van der Waals surface area contributed by atoms with Gasteiger partial charge in [-0.2, -0.15) is 0 Å². The van der Waals surface area contributed by atoms with E-state index in [2.05, 4.69) is 0 Å². The first kappa shape index (κ1) is 11.5. The second-order valence-corrected chi connectivity index (χ2v) is 4.16. The summed E-state index contributed by atoms with van der Waals surface area (Å²) in [6, 6.07) is -1.13. The van der Waals surface area contributed by atoms with Crippen LogP contribution in [0.15, 0.2) is 0 Å². The fraction of sp³-hybridized carbons (Fsp3) is 0.900. The van der Waals surface area contributed by atoms with Crippen molar-refractivity contribution in [1.82, 2.24) is 0 Å². The van der Waals surface area contributed by atoms with Crippen LogP contribution in [0.4, 0.5) is 0 Å². The molecule has 0 aromatic carbocycles. The first-order valence-corrected chi connectivity index (χ1v) is 5.27. The maximum Gasteiger partial charge on any atom is 0.323 e. The Bertz CT molecular complexity index is 190. The molecule has 1 saturated carbocycles. The lowest BCUT2D eigenvalue weighted by molar-refractivity contribution is -0.141. The van der Waals surface area contributed by atoms with Crippen LogP contribution in [0.25, 0.3) is 0 Å². The van der Waals surface area contributed by atoms with Crippen LogP contribution >= 0.6 is 0 Å². The van der Waals surface area contributed by atoms with Crippen molar-refractivity contribution < 1.29 is 15.0 Å². The van der Waals surface area contributed by atoms with Crippen LogP contribution < -0.4 is 5.73 Å². The molecule has 0 amide bonds. The molecule has 1 aliphatic carbocycles. The third kappa shape index (κ3) is 3.27. The van der Waals surface area contributed by atoms with Gasteiger partial charge in [0.1, 0.15) is 6.04 Å². The van der Waals surface area contributed by atoms with Crippen molar-refractivity contribution in [3.63, 3.8) is 0 Å². The minimum absolute atomic E-state index is 0.512. The molecular weight excluding hydrogens is 182 g/mol. The van der Waals surface area contributed by atoms with E-state index in [0.717, 1.165) is 6.42 Å². The van der Waals surface area contributed by atoms with Gasteiger partial charge < -0.3 is 15.9 Å². The monoisotopic (exact) mass is 201 g/mol. The third-order valence-electron chi connectivity index (χ3n) is 3.05. The maximum absolute atomic E-state index is 10.5. The zero-order valence-corrected chi connectivity index (χ0v) is 8.35. The van der Waals surface area contributed by atoms with Crippen LogP contribution in [0.3, 0.4) is 0 Å². The molecule has 0 bridgehead atoms. The number of carboxylic acids is 1. The lowest BCUT2D eigenvalue weighted by Gasteiger charge is -2.16. The topological polar surface area (TPSA) is 83.6 Å². The molecule has 4 heteroatoms. The number of hydrogen-bond donors (Lipinski definition) is 3. The highest BCUT2D eigenvalue weighted by Gasteiger charge is 2.23. The number of aliphatic hydroxyl groups excluding tert-OH is 1. The van der Waals surface area contributed by atoms with Crippen LogP contribution in [0.1, 0.15) is 38.5 Å². The highest BCUT2D eigenvalue weighted by molar-refractivity contribution is 5.73. The molecule has 1 aliphatic rings. The van der Waals surface area contributed by atoms with Gasteiger partial charge in [-0.25, -0.2) is 0 Å². The molecule has 2 unspecified atom stereocenters. The van der Waals surface area contributed by atoms with Crippen molar-refractivity contribution in [2.75, 3.05) is 0 Å². The van der Waals surface area contributed by atoms with Gasteiger partial charge in [-0.15, -0.1) is 0 Å². The van der Waals surface area contributed by atoms with Gasteiger partial charge in [-0.3, -0.25) is 4.79 Å². The lowest BCUT2D eigenvalue weighted by atomic mass is 9.97. The van der Waals surface area contributed by atoms with Gasteiger partial charge in [-0.05, 0) is 18.8 Å². The summed E-state index contributed by atoms with van der Waals surface area (Å²) in [5.74, 6) is -0.449. The molecule has 1 fully saturated rings. The number of carbonyl (C=O) groups is 1. The zero-order chi connectivity index (χ0) is 10.6. The summed E-state index contributed by atoms with van der Waals surface area (Å²) in [4.78, 5) is 10.5. The SMILES string of the molecule is NC(C(=O)O)C(O)CCC1CCCC1. The van der Waals surface area contributed by atoms with Crippen molar-refractivity contribution in [2.24, 2.45) is 11.7 Å². The Labute approximate surface area is 84.1 Å². The first-order valence-electron chi connectivity index (χ1n) is 5.27. The van der Waals surface area contributed by atoms with Gasteiger partial charge >= 0.3 is 5.97 Å². The summed E-state index contributed by atoms with van der Waals surface area (Å²) in [5, 5.41) is 18.0. The second kappa shape index (κ2) is 5.32. The van der Waals surface area contributed by atoms with Crippen molar-refractivity contribution in [1.29, 1.82) is 0 Å². The van der Waals surface area contributed by atoms with Gasteiger partial charge in [0.05, 0.1) is 6.10 Å². The van der Waals surface area contributed by atoms with Crippen LogP contribution in [-0.2, 0) is 4.79 Å². The average Bonchev–Trinajstić information content (AvgIpc) is 2.65. The van der Waals surface area contributed by atoms with Gasteiger partial charge in [-0.1, -0.05) is 25.7 Å². The van der Waals surface area contributed by atoms with E-state index < -0.39 is 18.1 Å². The summed E-state index contributed by atoms with van der Waals surface area (Å²) in [6.07, 6.45) is 5.50. The zero-order valence-electron chi connectivity index (χ0n) is 8.35. The molecule has 4 N–H and O–H groups in total. The van der Waals surface area contributed by atoms with Crippen molar-refractivity contribution >= 4 is 5.97 Å². The Morgan fingerprint density at radius 1 is 1.43 bits per heavy atom. The number of carboxylic acid groups (broad SMARTS) is 1. The molecule has 0 saturated heterocycles. The van der Waals surface area contributed by atoms with E-state index >= 15 is 0 Å². The molecular formula is C10H19NO3. The fourth-order valence-electron chi connectivity index (χ4n) is 2.05. The van der Waals surface area contributed by atoms with Gasteiger partial charge in [0.25, 0.3) is 0 Å². The molecule has 14 heavy (non-hydrogen) atoms. The van der Waals surface area contributed by atoms with Gasteiger partial charge in [0.15, 0.2) is 0 Å². The maximum atomic E-state index is 10.5. The lowest BCUT2D eigenvalue weighted by Crippen LogP contribution is -2.41. The van der Waals surface area contributed by atoms with E-state index in [-0.39, 0.29) is 0 Å². The molecule has 0 aromatic rings. The van der Waals surface area contributed by atoms with Gasteiger partial charge in [0, 0.05) is 0 Å². The van der Waals surface area contributed by atoms with E-state index in [1.165, 1.54) is 25.7 Å². The Morgan fingerprint density at radius 3 is 2.50 bits per heavy atom. The summed E-state index contributed by atoms with van der Waals surface area (Å²) in [6.45, 7) is 0. The van der Waals surface area contributed by atoms with Gasteiger partial charge in [0.2, 0.25) is 0 Å². The van der Waals surface area contributed by atoms with E-state index in [1.54, 1.807) is 0 Å². The van der Waals surface area contributed by atoms with Crippen LogP contribution in [-0.4, -0.2) is 28.3 Å². The molecule has 4 nitrogen and oxygen atoms in total. The normalized spacial score (nSPS) is 22.1. The van der Waals surface area contributed by atoms with Crippen LogP contribution in [0, 0.1) is 5.92 Å². The molecule has 0 aromatic heterocycles. The third-order valence-corrected chi connectivity index (χ3v) is 3.05. The Morgan fingerprint density at radius 2 is 2.00 bits per heavy atom. The highest BCUT2D eigenvalue weighted by atomic mass is 16.4. The van der Waals surface area contributed by atoms with Crippen molar-refractivity contribution in [3.8, 4) is 0 Å². The molecule has 0 heterocycles. The van der Waals surface area contributed by atoms with E-state index in [4.69, 9.17) is 10.8 Å². The smallest absolute Gasteiger partial charge is 0.323 e. The summed E-state index contributed by atoms with van der Waals surface area (Å²) in [5.41, 5.74) is 5.30. The molecule has 82 valence electrons. The number of nitrogens with two attached hydrogens (primary N) is 1. The standard InChI is InChI=1S/C10H19NO3/c11-9(10(13)14)8(12)6-5-7-3-1-2-4-7/h7-9,12H,1-6,11H2,(H,13,14). The predicted molar refractivity (Wildman–Crippen MR) is 52.8 cm³/mol. The Balaban J connectivity index is 2.19. The second-order valence-electron chi connectivity index (χ2n) is 4.16. The molecule has 2 atom stereocenters. The van der Waals surface area contributed by atoms with E-state index in [0.29, 0.717) is 12.3 Å². The minimum atomic E-state index is -1.13. The quantitative estimate of drug-likeness (QED) is 0.612. The largest absolute Gasteiger partial charge is 0.480 e. The number of aliphatic hydroxyl groups is 1. The molecule has 0 aliphatic heterocycles. The molecule has 1 rings (SSSR count). The van der Waals surface area contributed by atoms with E-state index in [9.17, 15) is 9.90 Å². The van der Waals surface area contributed by atoms with Crippen molar-refractivity contribution in [3.05, 3.63) is 0 Å². The first-order chi connectivity index (χ1) is 6.61. The summed E-state index contributed by atoms with van der Waals surface area (Å²) >= 11 is 0. The number of rotatable bonds is 5. The number of hydrogen-bond acceptors (Lipinski definition) is 3. The van der Waals surface area contributed by atoms with Crippen LogP contribution in [0.2, 0.25) is 0 Å². The Hall–Kier alpha value is -0.610. The minimum Gasteiger partial charge on any atom is -0.480 e. The highest BCUT2D eigenvalue weighted by Crippen LogP contribution is 2.29. The summed E-state index contributed by atoms with van der Waals surface area (Å²) in [7, 11) is 0. The van der Waals surface area contributed by atoms with E-state index in [1.807, 2.05) is 0 Å². The average molecular weight is 201 g/mol. The Kier molecular flexibility index (Phi) is 4.35. The van der Waals surface area contributed by atoms with Crippen LogP contribution in [0.5, 0.6) is 0 Å². The molecule has 0 radical (unpaired) electrons.